The summed E-state index contributed by atoms with van der Waals surface area (Å²) in [6.07, 6.45) is 0.799. The highest BCUT2D eigenvalue weighted by Crippen LogP contribution is 2.33. The average molecular weight is 382 g/mol. The first kappa shape index (κ1) is 17.8. The van der Waals surface area contributed by atoms with Gasteiger partial charge in [0.25, 0.3) is 0 Å². The first-order valence-electron chi connectivity index (χ1n) is 8.96. The Morgan fingerprint density at radius 3 is 2.70 bits per heavy atom. The zero-order chi connectivity index (χ0) is 19.0. The van der Waals surface area contributed by atoms with Gasteiger partial charge >= 0.3 is 0 Å². The molecule has 1 aliphatic rings. The maximum Gasteiger partial charge on any atom is 0.238 e. The van der Waals surface area contributed by atoms with Crippen LogP contribution in [0.4, 0.5) is 5.69 Å². The van der Waals surface area contributed by atoms with Gasteiger partial charge in [0.2, 0.25) is 10.0 Å². The lowest BCUT2D eigenvalue weighted by Gasteiger charge is -2.25. The topological polar surface area (TPSA) is 72.6 Å². The van der Waals surface area contributed by atoms with E-state index in [0.717, 1.165) is 40.7 Å². The van der Waals surface area contributed by atoms with Crippen LogP contribution in [0.2, 0.25) is 0 Å². The molecule has 0 saturated carbocycles. The molecular weight excluding hydrogens is 360 g/mol. The van der Waals surface area contributed by atoms with Crippen LogP contribution in [0.5, 0.6) is 5.75 Å². The monoisotopic (exact) mass is 382 g/mol. The molecule has 0 spiro atoms. The van der Waals surface area contributed by atoms with Gasteiger partial charge in [0.05, 0.1) is 11.4 Å². The number of rotatable bonds is 5. The van der Waals surface area contributed by atoms with Crippen LogP contribution in [0.1, 0.15) is 12.5 Å². The molecule has 140 valence electrons. The van der Waals surface area contributed by atoms with E-state index in [2.05, 4.69) is 30.0 Å². The number of nitrogens with two attached hydrogens (primary N) is 1. The molecular formula is C21H22N2O3S. The van der Waals surface area contributed by atoms with Crippen LogP contribution in [0.3, 0.4) is 0 Å². The molecule has 6 heteroatoms. The second-order valence-corrected chi connectivity index (χ2v) is 8.47. The zero-order valence-corrected chi connectivity index (χ0v) is 15.9. The van der Waals surface area contributed by atoms with Crippen molar-refractivity contribution in [3.8, 4) is 5.75 Å². The fraction of sp³-hybridized carbons (Fsp3) is 0.238. The molecule has 4 rings (SSSR count). The predicted octanol–water partition coefficient (Wildman–Crippen LogP) is 3.32. The highest BCUT2D eigenvalue weighted by atomic mass is 32.2. The normalized spacial score (nSPS) is 16.5. The highest BCUT2D eigenvalue weighted by Gasteiger charge is 2.27. The minimum Gasteiger partial charge on any atom is -0.491 e. The number of benzene rings is 3. The predicted molar refractivity (Wildman–Crippen MR) is 108 cm³/mol. The molecule has 0 saturated heterocycles. The van der Waals surface area contributed by atoms with E-state index in [1.165, 1.54) is 0 Å². The van der Waals surface area contributed by atoms with E-state index >= 15 is 0 Å². The summed E-state index contributed by atoms with van der Waals surface area (Å²) in [4.78, 5) is 2.43. The molecule has 1 aliphatic heterocycles. The molecule has 27 heavy (non-hydrogen) atoms. The van der Waals surface area contributed by atoms with Crippen LogP contribution in [-0.4, -0.2) is 27.6 Å². The van der Waals surface area contributed by atoms with Gasteiger partial charge in [-0.1, -0.05) is 36.4 Å². The Morgan fingerprint density at radius 1 is 1.11 bits per heavy atom. The summed E-state index contributed by atoms with van der Waals surface area (Å²) in [5.41, 5.74) is 2.07. The van der Waals surface area contributed by atoms with Crippen LogP contribution in [0.25, 0.3) is 10.8 Å². The molecule has 0 aliphatic carbocycles. The van der Waals surface area contributed by atoms with Gasteiger partial charge < -0.3 is 9.64 Å². The molecule has 3 aromatic carbocycles. The summed E-state index contributed by atoms with van der Waals surface area (Å²) in [6, 6.07) is 19.6. The Kier molecular flexibility index (Phi) is 4.53. The van der Waals surface area contributed by atoms with Crippen molar-refractivity contribution in [1.29, 1.82) is 0 Å². The van der Waals surface area contributed by atoms with Crippen LogP contribution in [0, 0.1) is 0 Å². The van der Waals surface area contributed by atoms with Gasteiger partial charge in [-0.2, -0.15) is 0 Å². The third-order valence-electron chi connectivity index (χ3n) is 5.08. The quantitative estimate of drug-likeness (QED) is 0.735. The van der Waals surface area contributed by atoms with E-state index < -0.39 is 10.0 Å². The third-order valence-corrected chi connectivity index (χ3v) is 5.99. The number of sulfonamides is 1. The Morgan fingerprint density at radius 2 is 1.89 bits per heavy atom. The standard InChI is InChI=1S/C21H22N2O3S/c1-15-13-17-14-18(27(22,24)25)9-10-20(17)23(15)11-12-26-21-8-4-6-16-5-2-3-7-19(16)21/h2-10,14-15H,11-13H2,1H3,(H2,22,24,25)/t15-/m0/s1. The second-order valence-electron chi connectivity index (χ2n) is 6.91. The number of anilines is 1. The summed E-state index contributed by atoms with van der Waals surface area (Å²) in [5, 5.41) is 7.51. The van der Waals surface area contributed by atoms with E-state index in [-0.39, 0.29) is 10.9 Å². The summed E-state index contributed by atoms with van der Waals surface area (Å²) < 4.78 is 29.2. The highest BCUT2D eigenvalue weighted by molar-refractivity contribution is 7.89. The number of fused-ring (bicyclic) bond motifs is 2. The van der Waals surface area contributed by atoms with Gasteiger partial charge in [-0.05, 0) is 48.6 Å². The Hall–Kier alpha value is -2.57. The first-order chi connectivity index (χ1) is 12.9. The van der Waals surface area contributed by atoms with Gasteiger partial charge in [0, 0.05) is 17.1 Å². The fourth-order valence-corrected chi connectivity index (χ4v) is 4.33. The van der Waals surface area contributed by atoms with Crippen LogP contribution < -0.4 is 14.8 Å². The molecule has 0 radical (unpaired) electrons. The lowest BCUT2D eigenvalue weighted by Crippen LogP contribution is -2.33. The SMILES string of the molecule is C[C@H]1Cc2cc(S(N)(=O)=O)ccc2N1CCOc1cccc2ccccc12. The van der Waals surface area contributed by atoms with Gasteiger partial charge in [0.1, 0.15) is 12.4 Å². The molecule has 0 aromatic heterocycles. The van der Waals surface area contributed by atoms with E-state index in [0.29, 0.717) is 6.61 Å². The molecule has 3 aromatic rings. The molecule has 0 unspecified atom stereocenters. The van der Waals surface area contributed by atoms with Crippen molar-refractivity contribution in [3.05, 3.63) is 66.2 Å². The zero-order valence-electron chi connectivity index (χ0n) is 15.1. The Bertz CT molecular complexity index is 1090. The lowest BCUT2D eigenvalue weighted by molar-refractivity contribution is 0.325. The number of ether oxygens (including phenoxy) is 1. The number of hydrogen-bond acceptors (Lipinski definition) is 4. The molecule has 1 heterocycles. The molecule has 2 N–H and O–H groups in total. The van der Waals surface area contributed by atoms with Crippen LogP contribution in [0.15, 0.2) is 65.6 Å². The smallest absolute Gasteiger partial charge is 0.238 e. The molecule has 0 fully saturated rings. The van der Waals surface area contributed by atoms with Gasteiger partial charge in [-0.25, -0.2) is 13.6 Å². The Balaban J connectivity index is 1.49. The summed E-state index contributed by atoms with van der Waals surface area (Å²) >= 11 is 0. The molecule has 1 atom stereocenters. The number of primary sulfonamides is 1. The summed E-state index contributed by atoms with van der Waals surface area (Å²) in [6.45, 7) is 3.41. The maximum atomic E-state index is 11.6. The summed E-state index contributed by atoms with van der Waals surface area (Å²) in [7, 11) is -3.68. The third kappa shape index (κ3) is 3.50. The van der Waals surface area contributed by atoms with E-state index in [1.807, 2.05) is 30.3 Å². The fourth-order valence-electron chi connectivity index (χ4n) is 3.76. The summed E-state index contributed by atoms with van der Waals surface area (Å²) in [5.74, 6) is 0.879. The minimum atomic E-state index is -3.68. The van der Waals surface area contributed by atoms with Crippen molar-refractivity contribution >= 4 is 26.5 Å². The molecule has 0 amide bonds. The minimum absolute atomic E-state index is 0.169. The lowest BCUT2D eigenvalue weighted by atomic mass is 10.1. The van der Waals surface area contributed by atoms with Gasteiger partial charge in [-0.15, -0.1) is 0 Å². The Labute approximate surface area is 159 Å². The van der Waals surface area contributed by atoms with Crippen molar-refractivity contribution in [3.63, 3.8) is 0 Å². The second kappa shape index (κ2) is 6.87. The van der Waals surface area contributed by atoms with Gasteiger partial charge in [-0.3, -0.25) is 0 Å². The van der Waals surface area contributed by atoms with E-state index in [1.54, 1.807) is 12.1 Å². The van der Waals surface area contributed by atoms with E-state index in [9.17, 15) is 8.42 Å². The average Bonchev–Trinajstić information content (AvgIpc) is 2.96. The van der Waals surface area contributed by atoms with Crippen LogP contribution in [-0.2, 0) is 16.4 Å². The van der Waals surface area contributed by atoms with Crippen molar-refractivity contribution in [2.24, 2.45) is 5.14 Å². The van der Waals surface area contributed by atoms with E-state index in [4.69, 9.17) is 9.88 Å². The van der Waals surface area contributed by atoms with Crippen molar-refractivity contribution in [2.75, 3.05) is 18.1 Å². The van der Waals surface area contributed by atoms with Crippen molar-refractivity contribution in [2.45, 2.75) is 24.3 Å². The van der Waals surface area contributed by atoms with Crippen molar-refractivity contribution < 1.29 is 13.2 Å². The first-order valence-corrected chi connectivity index (χ1v) is 10.5. The number of nitrogens with zero attached hydrogens (tertiary/aromatic N) is 1. The van der Waals surface area contributed by atoms with Gasteiger partial charge in [0.15, 0.2) is 0 Å². The molecule has 5 nitrogen and oxygen atoms in total. The van der Waals surface area contributed by atoms with Crippen molar-refractivity contribution in [1.82, 2.24) is 0 Å². The molecule has 0 bridgehead atoms. The number of hydrogen-bond donors (Lipinski definition) is 1. The maximum absolute atomic E-state index is 11.6. The van der Waals surface area contributed by atoms with Crippen LogP contribution >= 0.6 is 0 Å². The largest absolute Gasteiger partial charge is 0.491 e.